The Labute approximate surface area is 117 Å². The number of likely N-dealkylation sites (N-methyl/N-ethyl adjacent to an activating group) is 1. The molecule has 0 aliphatic carbocycles. The van der Waals surface area contributed by atoms with Crippen LogP contribution in [0, 0.1) is 5.82 Å². The van der Waals surface area contributed by atoms with E-state index in [0.29, 0.717) is 5.56 Å². The maximum absolute atomic E-state index is 13.1. The minimum atomic E-state index is -0.400. The van der Waals surface area contributed by atoms with Gasteiger partial charge in [-0.05, 0) is 36.4 Å². The van der Waals surface area contributed by atoms with Crippen LogP contribution in [0.1, 0.15) is 10.4 Å². The van der Waals surface area contributed by atoms with E-state index in [1.54, 1.807) is 13.2 Å². The number of carbonyl (C=O) groups is 1. The van der Waals surface area contributed by atoms with Crippen LogP contribution in [0.2, 0.25) is 0 Å². The molecule has 0 fully saturated rings. The van der Waals surface area contributed by atoms with Gasteiger partial charge in [0, 0.05) is 18.3 Å². The number of benzene rings is 2. The SMILES string of the molecule is COc1ccc(N(C)CC(=O)c2cccc(F)c2)cc1. The molecular weight excluding hydrogens is 257 g/mol. The Morgan fingerprint density at radius 1 is 1.20 bits per heavy atom. The van der Waals surface area contributed by atoms with Crippen molar-refractivity contribution in [3.05, 3.63) is 59.9 Å². The fourth-order valence-electron chi connectivity index (χ4n) is 1.90. The maximum Gasteiger partial charge on any atom is 0.182 e. The molecule has 0 unspecified atom stereocenters. The second-order valence-electron chi connectivity index (χ2n) is 4.49. The number of halogens is 1. The molecule has 4 heteroatoms. The van der Waals surface area contributed by atoms with E-state index < -0.39 is 5.82 Å². The molecule has 0 amide bonds. The molecule has 3 nitrogen and oxygen atoms in total. The van der Waals surface area contributed by atoms with Gasteiger partial charge in [-0.25, -0.2) is 4.39 Å². The van der Waals surface area contributed by atoms with E-state index in [1.807, 2.05) is 36.2 Å². The number of anilines is 1. The third kappa shape index (κ3) is 3.35. The lowest BCUT2D eigenvalue weighted by atomic mass is 10.1. The van der Waals surface area contributed by atoms with Crippen LogP contribution in [-0.2, 0) is 0 Å². The second-order valence-corrected chi connectivity index (χ2v) is 4.49. The summed E-state index contributed by atoms with van der Waals surface area (Å²) >= 11 is 0. The van der Waals surface area contributed by atoms with E-state index in [1.165, 1.54) is 18.2 Å². The zero-order valence-corrected chi connectivity index (χ0v) is 11.5. The van der Waals surface area contributed by atoms with Gasteiger partial charge in [0.05, 0.1) is 13.7 Å². The smallest absolute Gasteiger partial charge is 0.182 e. The molecule has 0 aliphatic rings. The molecule has 0 atom stereocenters. The van der Waals surface area contributed by atoms with E-state index in [4.69, 9.17) is 4.74 Å². The standard InChI is InChI=1S/C16H16FNO2/c1-18(14-6-8-15(20-2)9-7-14)11-16(19)12-4-3-5-13(17)10-12/h3-10H,11H2,1-2H3. The van der Waals surface area contributed by atoms with Crippen LogP contribution in [0.25, 0.3) is 0 Å². The third-order valence-corrected chi connectivity index (χ3v) is 3.04. The van der Waals surface area contributed by atoms with Gasteiger partial charge in [0.1, 0.15) is 11.6 Å². The van der Waals surface area contributed by atoms with Crippen LogP contribution in [-0.4, -0.2) is 26.5 Å². The maximum atomic E-state index is 13.1. The van der Waals surface area contributed by atoms with Crippen molar-refractivity contribution in [2.45, 2.75) is 0 Å². The highest BCUT2D eigenvalue weighted by atomic mass is 19.1. The van der Waals surface area contributed by atoms with E-state index in [2.05, 4.69) is 0 Å². The van der Waals surface area contributed by atoms with E-state index >= 15 is 0 Å². The fourth-order valence-corrected chi connectivity index (χ4v) is 1.90. The molecule has 104 valence electrons. The minimum absolute atomic E-state index is 0.122. The molecule has 20 heavy (non-hydrogen) atoms. The number of carbonyl (C=O) groups excluding carboxylic acids is 1. The number of hydrogen-bond acceptors (Lipinski definition) is 3. The second kappa shape index (κ2) is 6.19. The number of hydrogen-bond donors (Lipinski definition) is 0. The zero-order chi connectivity index (χ0) is 14.5. The van der Waals surface area contributed by atoms with Crippen LogP contribution >= 0.6 is 0 Å². The van der Waals surface area contributed by atoms with Crippen LogP contribution in [0.4, 0.5) is 10.1 Å². The van der Waals surface area contributed by atoms with Gasteiger partial charge in [0.15, 0.2) is 5.78 Å². The molecule has 0 bridgehead atoms. The van der Waals surface area contributed by atoms with Crippen molar-refractivity contribution in [2.24, 2.45) is 0 Å². The summed E-state index contributed by atoms with van der Waals surface area (Å²) in [5.41, 5.74) is 1.28. The van der Waals surface area contributed by atoms with Crippen LogP contribution in [0.15, 0.2) is 48.5 Å². The molecule has 0 N–H and O–H groups in total. The lowest BCUT2D eigenvalue weighted by Gasteiger charge is -2.18. The predicted molar refractivity (Wildman–Crippen MR) is 77.0 cm³/mol. The Hall–Kier alpha value is -2.36. The number of Topliss-reactive ketones (excluding diaryl/α,β-unsaturated/α-hetero) is 1. The first kappa shape index (κ1) is 14.1. The van der Waals surface area contributed by atoms with Crippen LogP contribution in [0.5, 0.6) is 5.75 Å². The van der Waals surface area contributed by atoms with Gasteiger partial charge in [-0.15, -0.1) is 0 Å². The van der Waals surface area contributed by atoms with E-state index in [0.717, 1.165) is 11.4 Å². The molecule has 0 spiro atoms. The Morgan fingerprint density at radius 2 is 1.90 bits per heavy atom. The highest BCUT2D eigenvalue weighted by molar-refractivity contribution is 5.99. The van der Waals surface area contributed by atoms with Crippen molar-refractivity contribution < 1.29 is 13.9 Å². The molecule has 2 aromatic carbocycles. The quantitative estimate of drug-likeness (QED) is 0.784. The Bertz CT molecular complexity index is 596. The molecule has 2 aromatic rings. The van der Waals surface area contributed by atoms with Crippen molar-refractivity contribution in [2.75, 3.05) is 25.6 Å². The number of rotatable bonds is 5. The van der Waals surface area contributed by atoms with Crippen LogP contribution in [0.3, 0.4) is 0 Å². The summed E-state index contributed by atoms with van der Waals surface area (Å²) < 4.78 is 18.2. The van der Waals surface area contributed by atoms with Gasteiger partial charge in [-0.1, -0.05) is 12.1 Å². The lowest BCUT2D eigenvalue weighted by Crippen LogP contribution is -2.25. The first-order valence-corrected chi connectivity index (χ1v) is 6.24. The summed E-state index contributed by atoms with van der Waals surface area (Å²) in [5, 5.41) is 0. The Kier molecular flexibility index (Phi) is 4.35. The summed E-state index contributed by atoms with van der Waals surface area (Å²) in [5.74, 6) is 0.240. The molecule has 0 saturated carbocycles. The van der Waals surface area contributed by atoms with Gasteiger partial charge >= 0.3 is 0 Å². The lowest BCUT2D eigenvalue weighted by molar-refractivity contribution is 0.1000. The third-order valence-electron chi connectivity index (χ3n) is 3.04. The number of ether oxygens (including phenoxy) is 1. The largest absolute Gasteiger partial charge is 0.497 e. The molecule has 2 rings (SSSR count). The summed E-state index contributed by atoms with van der Waals surface area (Å²) in [6.45, 7) is 0.190. The van der Waals surface area contributed by atoms with Gasteiger partial charge in [0.25, 0.3) is 0 Å². The molecule has 0 radical (unpaired) electrons. The number of nitrogens with zero attached hydrogens (tertiary/aromatic N) is 1. The Balaban J connectivity index is 2.06. The monoisotopic (exact) mass is 273 g/mol. The highest BCUT2D eigenvalue weighted by Crippen LogP contribution is 2.18. The predicted octanol–water partition coefficient (Wildman–Crippen LogP) is 3.15. The van der Waals surface area contributed by atoms with Crippen molar-refractivity contribution >= 4 is 11.5 Å². The summed E-state index contributed by atoms with van der Waals surface area (Å²) in [6, 6.07) is 13.1. The van der Waals surface area contributed by atoms with Crippen molar-refractivity contribution in [1.29, 1.82) is 0 Å². The topological polar surface area (TPSA) is 29.5 Å². The molecule has 0 aliphatic heterocycles. The summed E-state index contributed by atoms with van der Waals surface area (Å²) in [7, 11) is 3.42. The van der Waals surface area contributed by atoms with Crippen LogP contribution < -0.4 is 9.64 Å². The molecule has 0 heterocycles. The highest BCUT2D eigenvalue weighted by Gasteiger charge is 2.10. The van der Waals surface area contributed by atoms with Gasteiger partial charge in [0.2, 0.25) is 0 Å². The zero-order valence-electron chi connectivity index (χ0n) is 11.5. The van der Waals surface area contributed by atoms with Crippen molar-refractivity contribution in [3.8, 4) is 5.75 Å². The molecular formula is C16H16FNO2. The van der Waals surface area contributed by atoms with Gasteiger partial charge in [-0.3, -0.25) is 4.79 Å². The normalized spacial score (nSPS) is 10.2. The van der Waals surface area contributed by atoms with Gasteiger partial charge < -0.3 is 9.64 Å². The Morgan fingerprint density at radius 3 is 2.50 bits per heavy atom. The minimum Gasteiger partial charge on any atom is -0.497 e. The average Bonchev–Trinajstić information content (AvgIpc) is 2.47. The first-order valence-electron chi connectivity index (χ1n) is 6.24. The fraction of sp³-hybridized carbons (Fsp3) is 0.188. The summed E-state index contributed by atoms with van der Waals surface area (Å²) in [4.78, 5) is 13.9. The number of methoxy groups -OCH3 is 1. The van der Waals surface area contributed by atoms with E-state index in [9.17, 15) is 9.18 Å². The summed E-state index contributed by atoms with van der Waals surface area (Å²) in [6.07, 6.45) is 0. The average molecular weight is 273 g/mol. The van der Waals surface area contributed by atoms with Gasteiger partial charge in [-0.2, -0.15) is 0 Å². The number of ketones is 1. The van der Waals surface area contributed by atoms with Crippen molar-refractivity contribution in [1.82, 2.24) is 0 Å². The first-order chi connectivity index (χ1) is 9.60. The molecule has 0 saturated heterocycles. The van der Waals surface area contributed by atoms with Crippen molar-refractivity contribution in [3.63, 3.8) is 0 Å². The van der Waals surface area contributed by atoms with E-state index in [-0.39, 0.29) is 12.3 Å². The molecule has 0 aromatic heterocycles.